The van der Waals surface area contributed by atoms with Gasteiger partial charge >= 0.3 is 6.09 Å². The Kier molecular flexibility index (Phi) is 4.36. The van der Waals surface area contributed by atoms with E-state index >= 15 is 0 Å². The maximum absolute atomic E-state index is 11.9. The molecule has 1 saturated carbocycles. The Hall–Kier alpha value is -0.810. The van der Waals surface area contributed by atoms with Crippen molar-refractivity contribution in [2.24, 2.45) is 11.7 Å². The van der Waals surface area contributed by atoms with Gasteiger partial charge in [0.15, 0.2) is 0 Å². The van der Waals surface area contributed by atoms with Crippen molar-refractivity contribution in [3.8, 4) is 0 Å². The molecule has 1 saturated heterocycles. The summed E-state index contributed by atoms with van der Waals surface area (Å²) < 4.78 is 5.39. The summed E-state index contributed by atoms with van der Waals surface area (Å²) in [6.07, 6.45) is 2.21. The molecule has 0 radical (unpaired) electrons. The number of hydrogen-bond donors (Lipinski definition) is 1. The summed E-state index contributed by atoms with van der Waals surface area (Å²) in [7, 11) is 0. The fourth-order valence-corrected chi connectivity index (χ4v) is 2.43. The van der Waals surface area contributed by atoms with E-state index in [1.165, 1.54) is 12.8 Å². The first kappa shape index (κ1) is 14.6. The van der Waals surface area contributed by atoms with Crippen LogP contribution in [0.2, 0.25) is 0 Å². The van der Waals surface area contributed by atoms with Crippen LogP contribution in [0.3, 0.4) is 0 Å². The lowest BCUT2D eigenvalue weighted by Crippen LogP contribution is -2.50. The molecule has 0 spiro atoms. The van der Waals surface area contributed by atoms with Crippen LogP contribution in [0.4, 0.5) is 4.79 Å². The van der Waals surface area contributed by atoms with Gasteiger partial charge in [0, 0.05) is 32.2 Å². The van der Waals surface area contributed by atoms with Crippen LogP contribution in [0.25, 0.3) is 0 Å². The minimum atomic E-state index is -0.406. The third-order valence-electron chi connectivity index (χ3n) is 3.82. The molecule has 2 fully saturated rings. The van der Waals surface area contributed by atoms with Crippen molar-refractivity contribution in [3.05, 3.63) is 0 Å². The zero-order valence-electron chi connectivity index (χ0n) is 12.4. The number of amides is 1. The van der Waals surface area contributed by atoms with Gasteiger partial charge in [-0.1, -0.05) is 0 Å². The number of rotatable bonds is 3. The second-order valence-corrected chi connectivity index (χ2v) is 6.76. The van der Waals surface area contributed by atoms with E-state index in [4.69, 9.17) is 10.5 Å². The van der Waals surface area contributed by atoms with Crippen molar-refractivity contribution in [1.29, 1.82) is 0 Å². The van der Waals surface area contributed by atoms with Crippen LogP contribution < -0.4 is 5.73 Å². The van der Waals surface area contributed by atoms with Crippen molar-refractivity contribution in [2.75, 3.05) is 32.7 Å². The van der Waals surface area contributed by atoms with Crippen molar-refractivity contribution < 1.29 is 9.53 Å². The summed E-state index contributed by atoms with van der Waals surface area (Å²) in [4.78, 5) is 16.1. The first-order chi connectivity index (χ1) is 8.85. The monoisotopic (exact) mass is 269 g/mol. The van der Waals surface area contributed by atoms with Gasteiger partial charge in [0.1, 0.15) is 5.60 Å². The Morgan fingerprint density at radius 3 is 2.32 bits per heavy atom. The number of piperazine rings is 1. The average Bonchev–Trinajstić information content (AvgIpc) is 3.01. The van der Waals surface area contributed by atoms with Gasteiger partial charge in [-0.05, 0) is 46.1 Å². The van der Waals surface area contributed by atoms with Crippen molar-refractivity contribution >= 4 is 6.09 Å². The zero-order valence-corrected chi connectivity index (χ0v) is 12.4. The van der Waals surface area contributed by atoms with E-state index < -0.39 is 5.60 Å². The lowest BCUT2D eigenvalue weighted by molar-refractivity contribution is 0.0143. The molecule has 19 heavy (non-hydrogen) atoms. The highest BCUT2D eigenvalue weighted by atomic mass is 16.6. The Morgan fingerprint density at radius 1 is 1.26 bits per heavy atom. The largest absolute Gasteiger partial charge is 0.444 e. The van der Waals surface area contributed by atoms with E-state index in [1.807, 2.05) is 25.7 Å². The molecule has 2 N–H and O–H groups in total. The van der Waals surface area contributed by atoms with Crippen molar-refractivity contribution in [3.63, 3.8) is 0 Å². The minimum absolute atomic E-state index is 0.184. The Bertz CT molecular complexity index is 319. The molecule has 2 aliphatic rings. The van der Waals surface area contributed by atoms with E-state index in [-0.39, 0.29) is 6.09 Å². The summed E-state index contributed by atoms with van der Waals surface area (Å²) in [6, 6.07) is 0.447. The summed E-state index contributed by atoms with van der Waals surface area (Å²) in [5.41, 5.74) is 5.41. The summed E-state index contributed by atoms with van der Waals surface area (Å²) in [6.45, 7) is 10.3. The second kappa shape index (κ2) is 5.67. The van der Waals surface area contributed by atoms with Crippen LogP contribution in [0, 0.1) is 5.92 Å². The van der Waals surface area contributed by atoms with Crippen LogP contribution >= 0.6 is 0 Å². The fraction of sp³-hybridized carbons (Fsp3) is 0.929. The highest BCUT2D eigenvalue weighted by molar-refractivity contribution is 5.68. The molecule has 2 atom stereocenters. The Morgan fingerprint density at radius 2 is 1.84 bits per heavy atom. The van der Waals surface area contributed by atoms with Crippen molar-refractivity contribution in [1.82, 2.24) is 9.80 Å². The molecule has 0 bridgehead atoms. The zero-order chi connectivity index (χ0) is 14.0. The SMILES string of the molecule is CC(C)(C)OC(=O)N1CCN(CC[C@@H]2C[C@H]2N)CC1. The fourth-order valence-electron chi connectivity index (χ4n) is 2.43. The van der Waals surface area contributed by atoms with Gasteiger partial charge in [-0.2, -0.15) is 0 Å². The first-order valence-electron chi connectivity index (χ1n) is 7.31. The summed E-state index contributed by atoms with van der Waals surface area (Å²) in [5, 5.41) is 0. The van der Waals surface area contributed by atoms with E-state index in [0.29, 0.717) is 6.04 Å². The molecule has 1 aliphatic heterocycles. The van der Waals surface area contributed by atoms with E-state index in [1.54, 1.807) is 0 Å². The van der Waals surface area contributed by atoms with E-state index in [9.17, 15) is 4.79 Å². The maximum atomic E-state index is 11.9. The number of nitrogens with zero attached hydrogens (tertiary/aromatic N) is 2. The highest BCUT2D eigenvalue weighted by Crippen LogP contribution is 2.31. The lowest BCUT2D eigenvalue weighted by Gasteiger charge is -2.35. The predicted molar refractivity (Wildman–Crippen MR) is 74.9 cm³/mol. The number of ether oxygens (including phenoxy) is 1. The van der Waals surface area contributed by atoms with E-state index in [2.05, 4.69) is 4.90 Å². The smallest absolute Gasteiger partial charge is 0.410 e. The maximum Gasteiger partial charge on any atom is 0.410 e. The molecular formula is C14H27N3O2. The molecule has 5 nitrogen and oxygen atoms in total. The molecule has 0 aromatic heterocycles. The molecule has 1 amide bonds. The Balaban J connectivity index is 1.65. The standard InChI is InChI=1S/C14H27N3O2/c1-14(2,3)19-13(18)17-8-6-16(7-9-17)5-4-11-10-12(11)15/h11-12H,4-10,15H2,1-3H3/t11-,12-/m1/s1. The number of nitrogens with two attached hydrogens (primary N) is 1. The van der Waals surface area contributed by atoms with Gasteiger partial charge in [0.25, 0.3) is 0 Å². The van der Waals surface area contributed by atoms with Gasteiger partial charge < -0.3 is 15.4 Å². The highest BCUT2D eigenvalue weighted by Gasteiger charge is 2.33. The predicted octanol–water partition coefficient (Wildman–Crippen LogP) is 1.28. The molecule has 0 unspecified atom stereocenters. The molecule has 5 heteroatoms. The van der Waals surface area contributed by atoms with Gasteiger partial charge in [-0.25, -0.2) is 4.79 Å². The average molecular weight is 269 g/mol. The van der Waals surface area contributed by atoms with Crippen LogP contribution in [-0.2, 0) is 4.74 Å². The summed E-state index contributed by atoms with van der Waals surface area (Å²) >= 11 is 0. The van der Waals surface area contributed by atoms with E-state index in [0.717, 1.165) is 38.6 Å². The molecule has 1 aliphatic carbocycles. The topological polar surface area (TPSA) is 58.8 Å². The number of carbonyl (C=O) groups excluding carboxylic acids is 1. The summed E-state index contributed by atoms with van der Waals surface area (Å²) in [5.74, 6) is 0.740. The number of hydrogen-bond acceptors (Lipinski definition) is 4. The molecular weight excluding hydrogens is 242 g/mol. The molecule has 1 heterocycles. The van der Waals surface area contributed by atoms with Crippen LogP contribution in [-0.4, -0.2) is 60.3 Å². The lowest BCUT2D eigenvalue weighted by atomic mass is 10.2. The van der Waals surface area contributed by atoms with Gasteiger partial charge in [-0.3, -0.25) is 4.90 Å². The second-order valence-electron chi connectivity index (χ2n) is 6.76. The van der Waals surface area contributed by atoms with Crippen LogP contribution in [0.15, 0.2) is 0 Å². The molecule has 110 valence electrons. The van der Waals surface area contributed by atoms with Crippen LogP contribution in [0.5, 0.6) is 0 Å². The molecule has 2 rings (SSSR count). The van der Waals surface area contributed by atoms with Gasteiger partial charge in [0.05, 0.1) is 0 Å². The molecule has 0 aromatic carbocycles. The van der Waals surface area contributed by atoms with Crippen LogP contribution in [0.1, 0.15) is 33.6 Å². The van der Waals surface area contributed by atoms with Gasteiger partial charge in [-0.15, -0.1) is 0 Å². The van der Waals surface area contributed by atoms with Gasteiger partial charge in [0.2, 0.25) is 0 Å². The normalized spacial score (nSPS) is 28.3. The quantitative estimate of drug-likeness (QED) is 0.838. The third kappa shape index (κ3) is 4.66. The minimum Gasteiger partial charge on any atom is -0.444 e. The third-order valence-corrected chi connectivity index (χ3v) is 3.82. The van der Waals surface area contributed by atoms with Crippen molar-refractivity contribution in [2.45, 2.75) is 45.3 Å². The molecule has 0 aromatic rings. The Labute approximate surface area is 116 Å². The first-order valence-corrected chi connectivity index (χ1v) is 7.31. The number of carbonyl (C=O) groups is 1.